The predicted octanol–water partition coefficient (Wildman–Crippen LogP) is 0.654. The Balaban J connectivity index is 1.58. The molecule has 2 heterocycles. The first-order valence-corrected chi connectivity index (χ1v) is 7.61. The van der Waals surface area contributed by atoms with Crippen molar-refractivity contribution in [1.82, 2.24) is 20.2 Å². The SMILES string of the molecule is Cn1ccnc1CNC(=O)[C@H]1CN(c2ccc(F)cc2)CCN1. The highest BCUT2D eigenvalue weighted by molar-refractivity contribution is 5.82. The summed E-state index contributed by atoms with van der Waals surface area (Å²) < 4.78 is 14.9. The third-order valence-corrected chi connectivity index (χ3v) is 4.03. The summed E-state index contributed by atoms with van der Waals surface area (Å²) in [6.07, 6.45) is 3.55. The number of amides is 1. The van der Waals surface area contributed by atoms with Crippen LogP contribution in [0.15, 0.2) is 36.7 Å². The number of anilines is 1. The van der Waals surface area contributed by atoms with Crippen molar-refractivity contribution in [1.29, 1.82) is 0 Å². The number of aryl methyl sites for hydroxylation is 1. The van der Waals surface area contributed by atoms with Crippen LogP contribution >= 0.6 is 0 Å². The van der Waals surface area contributed by atoms with E-state index >= 15 is 0 Å². The van der Waals surface area contributed by atoms with Gasteiger partial charge in [-0.05, 0) is 24.3 Å². The minimum Gasteiger partial charge on any atom is -0.368 e. The number of hydrogen-bond acceptors (Lipinski definition) is 4. The van der Waals surface area contributed by atoms with Gasteiger partial charge in [0.2, 0.25) is 5.91 Å². The Labute approximate surface area is 134 Å². The maximum Gasteiger partial charge on any atom is 0.239 e. The van der Waals surface area contributed by atoms with Gasteiger partial charge in [-0.25, -0.2) is 9.37 Å². The first kappa shape index (κ1) is 15.5. The number of hydrogen-bond donors (Lipinski definition) is 2. The highest BCUT2D eigenvalue weighted by atomic mass is 19.1. The van der Waals surface area contributed by atoms with Crippen molar-refractivity contribution >= 4 is 11.6 Å². The molecule has 1 saturated heterocycles. The first-order chi connectivity index (χ1) is 11.1. The van der Waals surface area contributed by atoms with Crippen molar-refractivity contribution in [2.45, 2.75) is 12.6 Å². The maximum atomic E-state index is 13.0. The van der Waals surface area contributed by atoms with Gasteiger partial charge in [0, 0.05) is 44.8 Å². The second kappa shape index (κ2) is 6.78. The molecule has 1 atom stereocenters. The molecule has 3 rings (SSSR count). The van der Waals surface area contributed by atoms with Crippen LogP contribution in [0, 0.1) is 5.82 Å². The molecule has 7 heteroatoms. The highest BCUT2D eigenvalue weighted by Gasteiger charge is 2.25. The van der Waals surface area contributed by atoms with Crippen molar-refractivity contribution in [3.8, 4) is 0 Å². The van der Waals surface area contributed by atoms with Crippen LogP contribution in [-0.2, 0) is 18.4 Å². The standard InChI is InChI=1S/C16H20FN5O/c1-21-8-6-19-15(21)10-20-16(23)14-11-22(9-7-18-14)13-4-2-12(17)3-5-13/h2-6,8,14,18H,7,9-11H2,1H3,(H,20,23)/t14-/m1/s1. The highest BCUT2D eigenvalue weighted by Crippen LogP contribution is 2.16. The van der Waals surface area contributed by atoms with Gasteiger partial charge in [0.15, 0.2) is 0 Å². The zero-order valence-electron chi connectivity index (χ0n) is 13.0. The molecule has 0 aliphatic carbocycles. The summed E-state index contributed by atoms with van der Waals surface area (Å²) in [5.74, 6) is 0.498. The number of benzene rings is 1. The van der Waals surface area contributed by atoms with Crippen LogP contribution in [0.5, 0.6) is 0 Å². The van der Waals surface area contributed by atoms with Gasteiger partial charge in [0.1, 0.15) is 17.7 Å². The van der Waals surface area contributed by atoms with Crippen molar-refractivity contribution in [3.05, 3.63) is 48.3 Å². The topological polar surface area (TPSA) is 62.2 Å². The summed E-state index contributed by atoms with van der Waals surface area (Å²) >= 11 is 0. The van der Waals surface area contributed by atoms with E-state index < -0.39 is 0 Å². The molecule has 1 aromatic heterocycles. The van der Waals surface area contributed by atoms with Gasteiger partial charge < -0.3 is 20.1 Å². The summed E-state index contributed by atoms with van der Waals surface area (Å²) in [6, 6.07) is 6.06. The largest absolute Gasteiger partial charge is 0.368 e. The van der Waals surface area contributed by atoms with Crippen LogP contribution in [0.3, 0.4) is 0 Å². The van der Waals surface area contributed by atoms with Gasteiger partial charge in [-0.2, -0.15) is 0 Å². The van der Waals surface area contributed by atoms with E-state index in [1.807, 2.05) is 17.8 Å². The fourth-order valence-electron chi connectivity index (χ4n) is 2.67. The quantitative estimate of drug-likeness (QED) is 0.869. The number of piperazine rings is 1. The van der Waals surface area contributed by atoms with Crippen LogP contribution in [0.2, 0.25) is 0 Å². The molecule has 23 heavy (non-hydrogen) atoms. The fourth-order valence-corrected chi connectivity index (χ4v) is 2.67. The molecule has 0 saturated carbocycles. The number of imidazole rings is 1. The predicted molar refractivity (Wildman–Crippen MR) is 85.5 cm³/mol. The third kappa shape index (κ3) is 3.68. The Morgan fingerprint density at radius 1 is 1.43 bits per heavy atom. The molecule has 0 bridgehead atoms. The zero-order chi connectivity index (χ0) is 16.2. The molecule has 1 aliphatic heterocycles. The number of aromatic nitrogens is 2. The molecule has 0 spiro atoms. The number of nitrogens with one attached hydrogen (secondary N) is 2. The lowest BCUT2D eigenvalue weighted by Gasteiger charge is -2.34. The Morgan fingerprint density at radius 2 is 2.22 bits per heavy atom. The minimum absolute atomic E-state index is 0.0557. The molecule has 2 aromatic rings. The van der Waals surface area contributed by atoms with E-state index in [9.17, 15) is 9.18 Å². The van der Waals surface area contributed by atoms with Gasteiger partial charge in [0.05, 0.1) is 6.54 Å². The normalized spacial score (nSPS) is 18.0. The summed E-state index contributed by atoms with van der Waals surface area (Å²) in [7, 11) is 1.89. The molecule has 6 nitrogen and oxygen atoms in total. The zero-order valence-corrected chi connectivity index (χ0v) is 13.0. The van der Waals surface area contributed by atoms with Crippen LogP contribution < -0.4 is 15.5 Å². The van der Waals surface area contributed by atoms with Gasteiger partial charge in [-0.15, -0.1) is 0 Å². The number of carbonyl (C=O) groups is 1. The monoisotopic (exact) mass is 317 g/mol. The van der Waals surface area contributed by atoms with Gasteiger partial charge in [-0.3, -0.25) is 4.79 Å². The summed E-state index contributed by atoms with van der Waals surface area (Å²) in [4.78, 5) is 18.6. The van der Waals surface area contributed by atoms with Crippen molar-refractivity contribution in [3.63, 3.8) is 0 Å². The van der Waals surface area contributed by atoms with Crippen molar-refractivity contribution in [2.75, 3.05) is 24.5 Å². The molecule has 0 unspecified atom stereocenters. The van der Waals surface area contributed by atoms with E-state index in [1.54, 1.807) is 18.3 Å². The molecule has 1 amide bonds. The fraction of sp³-hybridized carbons (Fsp3) is 0.375. The lowest BCUT2D eigenvalue weighted by atomic mass is 10.1. The van der Waals surface area contributed by atoms with Crippen LogP contribution in [-0.4, -0.2) is 41.1 Å². The van der Waals surface area contributed by atoms with Crippen molar-refractivity contribution in [2.24, 2.45) is 7.05 Å². The van der Waals surface area contributed by atoms with Crippen molar-refractivity contribution < 1.29 is 9.18 Å². The molecule has 2 N–H and O–H groups in total. The Bertz CT molecular complexity index is 669. The van der Waals surface area contributed by atoms with E-state index in [0.29, 0.717) is 19.6 Å². The second-order valence-corrected chi connectivity index (χ2v) is 5.60. The third-order valence-electron chi connectivity index (χ3n) is 4.03. The van der Waals surface area contributed by atoms with Crippen LogP contribution in [0.4, 0.5) is 10.1 Å². The van der Waals surface area contributed by atoms with E-state index in [4.69, 9.17) is 0 Å². The van der Waals surface area contributed by atoms with E-state index in [2.05, 4.69) is 20.5 Å². The van der Waals surface area contributed by atoms with Gasteiger partial charge in [0.25, 0.3) is 0 Å². The van der Waals surface area contributed by atoms with E-state index in [-0.39, 0.29) is 17.8 Å². The Morgan fingerprint density at radius 3 is 2.91 bits per heavy atom. The first-order valence-electron chi connectivity index (χ1n) is 7.61. The molecule has 1 aromatic carbocycles. The lowest BCUT2D eigenvalue weighted by Crippen LogP contribution is -2.57. The van der Waals surface area contributed by atoms with Crippen LogP contribution in [0.1, 0.15) is 5.82 Å². The Hall–Kier alpha value is -2.41. The molecular weight excluding hydrogens is 297 g/mol. The average molecular weight is 317 g/mol. The Kier molecular flexibility index (Phi) is 4.57. The number of nitrogens with zero attached hydrogens (tertiary/aromatic N) is 3. The summed E-state index contributed by atoms with van der Waals surface area (Å²) in [6.45, 7) is 2.45. The molecule has 0 radical (unpaired) electrons. The smallest absolute Gasteiger partial charge is 0.239 e. The van der Waals surface area contributed by atoms with E-state index in [0.717, 1.165) is 18.1 Å². The summed E-state index contributed by atoms with van der Waals surface area (Å²) in [5.41, 5.74) is 0.926. The molecule has 1 aliphatic rings. The second-order valence-electron chi connectivity index (χ2n) is 5.60. The number of carbonyl (C=O) groups excluding carboxylic acids is 1. The lowest BCUT2D eigenvalue weighted by molar-refractivity contribution is -0.123. The number of rotatable bonds is 4. The van der Waals surface area contributed by atoms with E-state index in [1.165, 1.54) is 12.1 Å². The molecule has 122 valence electrons. The summed E-state index contributed by atoms with van der Waals surface area (Å²) in [5, 5.41) is 6.13. The molecular formula is C16H20FN5O. The van der Waals surface area contributed by atoms with Crippen LogP contribution in [0.25, 0.3) is 0 Å². The maximum absolute atomic E-state index is 13.0. The minimum atomic E-state index is -0.297. The average Bonchev–Trinajstić information content (AvgIpc) is 2.98. The van der Waals surface area contributed by atoms with Gasteiger partial charge >= 0.3 is 0 Å². The molecule has 1 fully saturated rings. The number of halogens is 1. The van der Waals surface area contributed by atoms with Gasteiger partial charge in [-0.1, -0.05) is 0 Å².